The monoisotopic (exact) mass is 234 g/mol. The van der Waals surface area contributed by atoms with Crippen LogP contribution in [0.15, 0.2) is 30.3 Å². The van der Waals surface area contributed by atoms with Crippen LogP contribution in [0.5, 0.6) is 0 Å². The fourth-order valence-corrected chi connectivity index (χ4v) is 2.14. The van der Waals surface area contributed by atoms with Gasteiger partial charge in [0.1, 0.15) is 0 Å². The van der Waals surface area contributed by atoms with Crippen LogP contribution in [0.3, 0.4) is 0 Å². The maximum absolute atomic E-state index is 5.82. The van der Waals surface area contributed by atoms with Crippen LogP contribution in [0.25, 0.3) is 0 Å². The number of hydrogen-bond acceptors (Lipinski definition) is 2. The van der Waals surface area contributed by atoms with Gasteiger partial charge in [-0.3, -0.25) is 4.90 Å². The van der Waals surface area contributed by atoms with Gasteiger partial charge in [-0.05, 0) is 45.3 Å². The van der Waals surface area contributed by atoms with Crippen molar-refractivity contribution < 1.29 is 0 Å². The fraction of sp³-hybridized carbons (Fsp3) is 0.600. The van der Waals surface area contributed by atoms with E-state index >= 15 is 0 Å². The van der Waals surface area contributed by atoms with Gasteiger partial charge in [0.2, 0.25) is 0 Å². The van der Waals surface area contributed by atoms with Gasteiger partial charge in [-0.1, -0.05) is 37.3 Å². The van der Waals surface area contributed by atoms with Crippen LogP contribution >= 0.6 is 0 Å². The van der Waals surface area contributed by atoms with E-state index in [1.54, 1.807) is 0 Å². The Kier molecular flexibility index (Phi) is 5.66. The minimum atomic E-state index is 0.117. The summed E-state index contributed by atoms with van der Waals surface area (Å²) in [6.45, 7) is 9.55. The van der Waals surface area contributed by atoms with Crippen LogP contribution in [0.4, 0.5) is 0 Å². The Hall–Kier alpha value is -0.860. The summed E-state index contributed by atoms with van der Waals surface area (Å²) in [6, 6.07) is 10.7. The number of nitrogens with two attached hydrogens (primary N) is 1. The summed E-state index contributed by atoms with van der Waals surface area (Å²) in [5, 5.41) is 0. The molecule has 0 amide bonds. The lowest BCUT2D eigenvalue weighted by Gasteiger charge is -2.37. The van der Waals surface area contributed by atoms with E-state index < -0.39 is 0 Å². The first-order valence-electron chi connectivity index (χ1n) is 6.59. The average Bonchev–Trinajstić information content (AvgIpc) is 2.35. The molecule has 1 rings (SSSR count). The molecule has 1 aromatic carbocycles. The summed E-state index contributed by atoms with van der Waals surface area (Å²) in [7, 11) is 0. The molecular formula is C15H26N2. The molecule has 2 heteroatoms. The average molecular weight is 234 g/mol. The van der Waals surface area contributed by atoms with E-state index in [9.17, 15) is 0 Å². The largest absolute Gasteiger partial charge is 0.329 e. The number of likely N-dealkylation sites (N-methyl/N-ethyl adjacent to an activating group) is 1. The third-order valence-corrected chi connectivity index (χ3v) is 3.47. The summed E-state index contributed by atoms with van der Waals surface area (Å²) < 4.78 is 0. The molecule has 0 bridgehead atoms. The minimum absolute atomic E-state index is 0.117. The van der Waals surface area contributed by atoms with Gasteiger partial charge in [-0.25, -0.2) is 0 Å². The van der Waals surface area contributed by atoms with Gasteiger partial charge in [0.15, 0.2) is 0 Å². The summed E-state index contributed by atoms with van der Waals surface area (Å²) in [5.41, 5.74) is 7.37. The van der Waals surface area contributed by atoms with Crippen LogP contribution in [-0.4, -0.2) is 30.1 Å². The van der Waals surface area contributed by atoms with E-state index in [2.05, 4.69) is 56.0 Å². The maximum atomic E-state index is 5.82. The molecule has 0 spiro atoms. The number of hydrogen-bond donors (Lipinski definition) is 1. The smallest absolute Gasteiger partial charge is 0.0275 e. The molecule has 1 aromatic rings. The SMILES string of the molecule is CCN(CCCc1ccccc1)C(C)(C)CN. The number of benzene rings is 1. The van der Waals surface area contributed by atoms with E-state index in [0.717, 1.165) is 19.5 Å². The minimum Gasteiger partial charge on any atom is -0.329 e. The Morgan fingerprint density at radius 1 is 1.18 bits per heavy atom. The predicted molar refractivity (Wildman–Crippen MR) is 75.1 cm³/mol. The zero-order chi connectivity index (χ0) is 12.7. The second-order valence-corrected chi connectivity index (χ2v) is 5.19. The van der Waals surface area contributed by atoms with E-state index in [0.29, 0.717) is 6.54 Å². The zero-order valence-electron chi connectivity index (χ0n) is 11.4. The molecule has 0 radical (unpaired) electrons. The van der Waals surface area contributed by atoms with E-state index in [-0.39, 0.29) is 5.54 Å². The zero-order valence-corrected chi connectivity index (χ0v) is 11.4. The lowest BCUT2D eigenvalue weighted by molar-refractivity contribution is 0.133. The van der Waals surface area contributed by atoms with Gasteiger partial charge in [-0.15, -0.1) is 0 Å². The van der Waals surface area contributed by atoms with Crippen molar-refractivity contribution in [2.75, 3.05) is 19.6 Å². The summed E-state index contributed by atoms with van der Waals surface area (Å²) in [4.78, 5) is 2.47. The van der Waals surface area contributed by atoms with Gasteiger partial charge >= 0.3 is 0 Å². The van der Waals surface area contributed by atoms with E-state index in [4.69, 9.17) is 5.73 Å². The second kappa shape index (κ2) is 6.77. The van der Waals surface area contributed by atoms with Crippen LogP contribution in [-0.2, 0) is 6.42 Å². The molecule has 0 aliphatic rings. The van der Waals surface area contributed by atoms with Crippen molar-refractivity contribution in [1.82, 2.24) is 4.90 Å². The van der Waals surface area contributed by atoms with Crippen molar-refractivity contribution in [3.63, 3.8) is 0 Å². The van der Waals surface area contributed by atoms with Crippen molar-refractivity contribution in [1.29, 1.82) is 0 Å². The molecule has 0 aliphatic carbocycles. The van der Waals surface area contributed by atoms with Crippen LogP contribution < -0.4 is 5.73 Å². The first-order valence-corrected chi connectivity index (χ1v) is 6.59. The molecule has 0 aliphatic heterocycles. The van der Waals surface area contributed by atoms with Gasteiger partial charge in [-0.2, -0.15) is 0 Å². The van der Waals surface area contributed by atoms with Crippen molar-refractivity contribution in [3.8, 4) is 0 Å². The van der Waals surface area contributed by atoms with Gasteiger partial charge in [0.25, 0.3) is 0 Å². The predicted octanol–water partition coefficient (Wildman–Crippen LogP) is 2.68. The van der Waals surface area contributed by atoms with Crippen molar-refractivity contribution in [2.45, 2.75) is 39.2 Å². The molecule has 96 valence electrons. The highest BCUT2D eigenvalue weighted by Gasteiger charge is 2.22. The standard InChI is InChI=1S/C15H26N2/c1-4-17(15(2,3)13-16)12-8-11-14-9-6-5-7-10-14/h5-7,9-10H,4,8,11-13,16H2,1-3H3. The maximum Gasteiger partial charge on any atom is 0.0275 e. The number of nitrogens with zero attached hydrogens (tertiary/aromatic N) is 1. The van der Waals surface area contributed by atoms with Gasteiger partial charge in [0, 0.05) is 12.1 Å². The second-order valence-electron chi connectivity index (χ2n) is 5.19. The van der Waals surface area contributed by atoms with Crippen LogP contribution in [0, 0.1) is 0 Å². The molecule has 0 saturated heterocycles. The first kappa shape index (κ1) is 14.2. The van der Waals surface area contributed by atoms with Crippen molar-refractivity contribution in [2.24, 2.45) is 5.73 Å². The topological polar surface area (TPSA) is 29.3 Å². The summed E-state index contributed by atoms with van der Waals surface area (Å²) in [5.74, 6) is 0. The highest BCUT2D eigenvalue weighted by atomic mass is 15.2. The molecule has 0 unspecified atom stereocenters. The lowest BCUT2D eigenvalue weighted by atomic mass is 10.0. The number of rotatable bonds is 7. The third-order valence-electron chi connectivity index (χ3n) is 3.47. The molecular weight excluding hydrogens is 208 g/mol. The Bertz CT molecular complexity index is 306. The highest BCUT2D eigenvalue weighted by Crippen LogP contribution is 2.13. The molecule has 0 fully saturated rings. The third kappa shape index (κ3) is 4.49. The summed E-state index contributed by atoms with van der Waals surface area (Å²) >= 11 is 0. The molecule has 0 saturated carbocycles. The van der Waals surface area contributed by atoms with Gasteiger partial charge in [0.05, 0.1) is 0 Å². The quantitative estimate of drug-likeness (QED) is 0.786. The van der Waals surface area contributed by atoms with Crippen molar-refractivity contribution >= 4 is 0 Å². The number of aryl methyl sites for hydroxylation is 1. The lowest BCUT2D eigenvalue weighted by Crippen LogP contribution is -2.49. The Balaban J connectivity index is 2.39. The molecule has 17 heavy (non-hydrogen) atoms. The normalized spacial score (nSPS) is 12.1. The fourth-order valence-electron chi connectivity index (χ4n) is 2.14. The van der Waals surface area contributed by atoms with Gasteiger partial charge < -0.3 is 5.73 Å². The van der Waals surface area contributed by atoms with Crippen LogP contribution in [0.1, 0.15) is 32.8 Å². The van der Waals surface area contributed by atoms with E-state index in [1.807, 2.05) is 0 Å². The molecule has 0 heterocycles. The Morgan fingerprint density at radius 2 is 1.82 bits per heavy atom. The highest BCUT2D eigenvalue weighted by molar-refractivity contribution is 5.14. The molecule has 2 N–H and O–H groups in total. The van der Waals surface area contributed by atoms with Crippen molar-refractivity contribution in [3.05, 3.63) is 35.9 Å². The molecule has 0 atom stereocenters. The Labute approximate surface area is 106 Å². The van der Waals surface area contributed by atoms with E-state index in [1.165, 1.54) is 12.0 Å². The first-order chi connectivity index (χ1) is 8.10. The molecule has 2 nitrogen and oxygen atoms in total. The Morgan fingerprint density at radius 3 is 2.35 bits per heavy atom. The van der Waals surface area contributed by atoms with Crippen LogP contribution in [0.2, 0.25) is 0 Å². The summed E-state index contributed by atoms with van der Waals surface area (Å²) in [6.07, 6.45) is 2.35. The molecule has 0 aromatic heterocycles.